The molecule has 23 heavy (non-hydrogen) atoms. The highest BCUT2D eigenvalue weighted by atomic mass is 32.1. The number of hydrogen-bond donors (Lipinski definition) is 3. The lowest BCUT2D eigenvalue weighted by Gasteiger charge is -2.06. The molecule has 2 aromatic rings. The minimum Gasteiger partial charge on any atom is -0.462 e. The van der Waals surface area contributed by atoms with Crippen LogP contribution in [0.5, 0.6) is 0 Å². The third-order valence-corrected chi connectivity index (χ3v) is 3.89. The fourth-order valence-corrected chi connectivity index (χ4v) is 2.80. The van der Waals surface area contributed by atoms with E-state index in [0.717, 1.165) is 10.4 Å². The lowest BCUT2D eigenvalue weighted by molar-refractivity contribution is 0.0528. The van der Waals surface area contributed by atoms with Crippen molar-refractivity contribution in [3.8, 4) is 10.4 Å². The summed E-state index contributed by atoms with van der Waals surface area (Å²) in [6, 6.07) is 8.36. The second-order valence-electron chi connectivity index (χ2n) is 4.45. The predicted molar refractivity (Wildman–Crippen MR) is 89.3 cm³/mol. The smallest absolute Gasteiger partial charge is 0.343 e. The van der Waals surface area contributed by atoms with Gasteiger partial charge in [-0.1, -0.05) is 12.1 Å². The standard InChI is InChI=1S/C15H17N3O4S/c1-3-22-14(19)11-8-12(23-13(11)16)9-4-6-10(7-5-9)17-15(20)18-21-2/h4-8H,3,16H2,1-2H3,(H2,17,18,20). The number of hydrogen-bond acceptors (Lipinski definition) is 6. The first-order chi connectivity index (χ1) is 11.0. The van der Waals surface area contributed by atoms with Crippen molar-refractivity contribution in [2.75, 3.05) is 24.8 Å². The molecule has 0 aliphatic heterocycles. The Hall–Kier alpha value is -2.58. The number of esters is 1. The Morgan fingerprint density at radius 2 is 1.96 bits per heavy atom. The van der Waals surface area contributed by atoms with Crippen LogP contribution < -0.4 is 16.5 Å². The van der Waals surface area contributed by atoms with Gasteiger partial charge in [-0.25, -0.2) is 15.1 Å². The van der Waals surface area contributed by atoms with Crippen molar-refractivity contribution < 1.29 is 19.2 Å². The molecule has 1 aromatic carbocycles. The molecule has 0 aliphatic carbocycles. The minimum atomic E-state index is -0.467. The number of thiophene rings is 1. The average molecular weight is 335 g/mol. The number of carbonyl (C=O) groups excluding carboxylic acids is 2. The highest BCUT2D eigenvalue weighted by Crippen LogP contribution is 2.34. The average Bonchev–Trinajstić information content (AvgIpc) is 2.90. The van der Waals surface area contributed by atoms with Crippen LogP contribution in [0.1, 0.15) is 17.3 Å². The zero-order valence-corrected chi connectivity index (χ0v) is 13.5. The molecule has 8 heteroatoms. The van der Waals surface area contributed by atoms with Gasteiger partial charge in [-0.2, -0.15) is 0 Å². The zero-order chi connectivity index (χ0) is 16.8. The monoisotopic (exact) mass is 335 g/mol. The summed E-state index contributed by atoms with van der Waals surface area (Å²) in [5.74, 6) is -0.429. The number of nitrogens with two attached hydrogens (primary N) is 1. The molecule has 122 valence electrons. The third kappa shape index (κ3) is 4.21. The van der Waals surface area contributed by atoms with Crippen LogP contribution in [-0.4, -0.2) is 25.7 Å². The molecular weight excluding hydrogens is 318 g/mol. The normalized spacial score (nSPS) is 10.2. The van der Waals surface area contributed by atoms with E-state index in [1.807, 2.05) is 12.1 Å². The van der Waals surface area contributed by atoms with Crippen LogP contribution in [0.2, 0.25) is 0 Å². The summed E-state index contributed by atoms with van der Waals surface area (Å²) < 4.78 is 4.97. The fourth-order valence-electron chi connectivity index (χ4n) is 1.88. The number of benzene rings is 1. The summed E-state index contributed by atoms with van der Waals surface area (Å²) in [6.45, 7) is 2.04. The van der Waals surface area contributed by atoms with E-state index in [2.05, 4.69) is 15.6 Å². The second kappa shape index (κ2) is 7.61. The van der Waals surface area contributed by atoms with Crippen LogP contribution in [0.15, 0.2) is 30.3 Å². The lowest BCUT2D eigenvalue weighted by atomic mass is 10.1. The van der Waals surface area contributed by atoms with Gasteiger partial charge in [0.05, 0.1) is 19.3 Å². The van der Waals surface area contributed by atoms with Crippen molar-refractivity contribution in [1.29, 1.82) is 0 Å². The zero-order valence-electron chi connectivity index (χ0n) is 12.7. The molecule has 2 amide bonds. The number of nitrogens with one attached hydrogen (secondary N) is 2. The van der Waals surface area contributed by atoms with E-state index < -0.39 is 12.0 Å². The van der Waals surface area contributed by atoms with Gasteiger partial charge in [0.25, 0.3) is 0 Å². The van der Waals surface area contributed by atoms with Gasteiger partial charge in [-0.3, -0.25) is 4.84 Å². The van der Waals surface area contributed by atoms with Gasteiger partial charge in [0.1, 0.15) is 5.00 Å². The summed E-state index contributed by atoms with van der Waals surface area (Å²) >= 11 is 1.31. The highest BCUT2D eigenvalue weighted by Gasteiger charge is 2.16. The van der Waals surface area contributed by atoms with E-state index in [1.165, 1.54) is 18.4 Å². The molecule has 7 nitrogen and oxygen atoms in total. The lowest BCUT2D eigenvalue weighted by Crippen LogP contribution is -2.27. The molecule has 1 heterocycles. The Morgan fingerprint density at radius 3 is 2.57 bits per heavy atom. The molecular formula is C15H17N3O4S. The first-order valence-electron chi connectivity index (χ1n) is 6.82. The van der Waals surface area contributed by atoms with E-state index in [4.69, 9.17) is 10.5 Å². The maximum absolute atomic E-state index is 11.8. The minimum absolute atomic E-state index is 0.299. The number of ether oxygens (including phenoxy) is 1. The quantitative estimate of drug-likeness (QED) is 0.576. The Balaban J connectivity index is 2.15. The molecule has 1 aromatic heterocycles. The Morgan fingerprint density at radius 1 is 1.26 bits per heavy atom. The highest BCUT2D eigenvalue weighted by molar-refractivity contribution is 7.19. The topological polar surface area (TPSA) is 103 Å². The molecule has 2 rings (SSSR count). The molecule has 0 bridgehead atoms. The number of anilines is 2. The molecule has 0 radical (unpaired) electrons. The van der Waals surface area contributed by atoms with Crippen LogP contribution >= 0.6 is 11.3 Å². The molecule has 0 saturated carbocycles. The van der Waals surface area contributed by atoms with Crippen LogP contribution in [0.4, 0.5) is 15.5 Å². The van der Waals surface area contributed by atoms with Crippen molar-refractivity contribution in [1.82, 2.24) is 5.48 Å². The summed E-state index contributed by atoms with van der Waals surface area (Å²) in [5.41, 5.74) is 9.90. The van der Waals surface area contributed by atoms with E-state index in [1.54, 1.807) is 25.1 Å². The largest absolute Gasteiger partial charge is 0.462 e. The van der Waals surface area contributed by atoms with Crippen LogP contribution in [-0.2, 0) is 9.57 Å². The number of carbonyl (C=O) groups is 2. The third-order valence-electron chi connectivity index (χ3n) is 2.88. The van der Waals surface area contributed by atoms with E-state index in [-0.39, 0.29) is 0 Å². The van der Waals surface area contributed by atoms with Crippen LogP contribution in [0.3, 0.4) is 0 Å². The molecule has 4 N–H and O–H groups in total. The Labute approximate surface area is 137 Å². The first kappa shape index (κ1) is 16.8. The van der Waals surface area contributed by atoms with Gasteiger partial charge in [0.15, 0.2) is 0 Å². The van der Waals surface area contributed by atoms with Gasteiger partial charge >= 0.3 is 12.0 Å². The first-order valence-corrected chi connectivity index (χ1v) is 7.63. The molecule has 0 spiro atoms. The summed E-state index contributed by atoms with van der Waals surface area (Å²) in [5, 5.41) is 3.02. The molecule has 0 atom stereocenters. The van der Waals surface area contributed by atoms with E-state index >= 15 is 0 Å². The van der Waals surface area contributed by atoms with Crippen molar-refractivity contribution in [2.45, 2.75) is 6.92 Å². The summed E-state index contributed by atoms with van der Waals surface area (Å²) in [7, 11) is 1.35. The predicted octanol–water partition coefficient (Wildman–Crippen LogP) is 2.86. The number of urea groups is 1. The van der Waals surface area contributed by atoms with Crippen molar-refractivity contribution in [2.24, 2.45) is 0 Å². The summed E-state index contributed by atoms with van der Waals surface area (Å²) in [4.78, 5) is 28.5. The van der Waals surface area contributed by atoms with Crippen molar-refractivity contribution >= 4 is 34.0 Å². The maximum atomic E-state index is 11.8. The maximum Gasteiger partial charge on any atom is 0.343 e. The number of rotatable bonds is 5. The van der Waals surface area contributed by atoms with Gasteiger partial charge in [0.2, 0.25) is 0 Å². The second-order valence-corrected chi connectivity index (χ2v) is 5.53. The van der Waals surface area contributed by atoms with Gasteiger partial charge < -0.3 is 15.8 Å². The number of nitrogen functional groups attached to an aromatic ring is 1. The van der Waals surface area contributed by atoms with Crippen molar-refractivity contribution in [3.63, 3.8) is 0 Å². The van der Waals surface area contributed by atoms with E-state index in [9.17, 15) is 9.59 Å². The fraction of sp³-hybridized carbons (Fsp3) is 0.200. The van der Waals surface area contributed by atoms with Crippen molar-refractivity contribution in [3.05, 3.63) is 35.9 Å². The molecule has 0 unspecified atom stereocenters. The van der Waals surface area contributed by atoms with Crippen LogP contribution in [0, 0.1) is 0 Å². The van der Waals surface area contributed by atoms with Gasteiger partial charge in [-0.15, -0.1) is 11.3 Å². The number of hydroxylamine groups is 1. The van der Waals surface area contributed by atoms with Crippen LogP contribution in [0.25, 0.3) is 10.4 Å². The Kier molecular flexibility index (Phi) is 5.56. The van der Waals surface area contributed by atoms with Gasteiger partial charge in [-0.05, 0) is 30.7 Å². The number of amides is 2. The molecule has 0 saturated heterocycles. The SMILES string of the molecule is CCOC(=O)c1cc(-c2ccc(NC(=O)NOC)cc2)sc1N. The Bertz CT molecular complexity index is 697. The van der Waals surface area contributed by atoms with E-state index in [0.29, 0.717) is 22.9 Å². The molecule has 0 fully saturated rings. The summed E-state index contributed by atoms with van der Waals surface area (Å²) in [6.07, 6.45) is 0. The van der Waals surface area contributed by atoms with Gasteiger partial charge in [0, 0.05) is 10.6 Å². The molecule has 0 aliphatic rings.